The molecule has 0 saturated carbocycles. The summed E-state index contributed by atoms with van der Waals surface area (Å²) in [7, 11) is 0. The summed E-state index contributed by atoms with van der Waals surface area (Å²) in [5.74, 6) is 1.61. The topological polar surface area (TPSA) is 50.7 Å². The maximum Gasteiger partial charge on any atom is 0.176 e. The van der Waals surface area contributed by atoms with Crippen LogP contribution in [0, 0.1) is 6.92 Å². The zero-order chi connectivity index (χ0) is 17.9. The average Bonchev–Trinajstić information content (AvgIpc) is 3.08. The summed E-state index contributed by atoms with van der Waals surface area (Å²) >= 11 is 9.63. The Labute approximate surface area is 164 Å². The molecule has 0 amide bonds. The minimum atomic E-state index is 0.667. The molecule has 0 spiro atoms. The molecule has 130 valence electrons. The highest BCUT2D eigenvalue weighted by Crippen LogP contribution is 2.36. The monoisotopic (exact) mass is 398 g/mol. The van der Waals surface area contributed by atoms with E-state index in [1.165, 1.54) is 11.9 Å². The Bertz CT molecular complexity index is 1030. The van der Waals surface area contributed by atoms with Gasteiger partial charge in [0.25, 0.3) is 0 Å². The molecule has 2 aromatic carbocycles. The number of nitrogens with one attached hydrogen (secondary N) is 1. The van der Waals surface area contributed by atoms with Crippen LogP contribution in [0.3, 0.4) is 0 Å². The van der Waals surface area contributed by atoms with Crippen LogP contribution in [0.1, 0.15) is 11.1 Å². The number of aromatic nitrogens is 3. The predicted molar refractivity (Wildman–Crippen MR) is 111 cm³/mol. The van der Waals surface area contributed by atoms with E-state index in [4.69, 9.17) is 11.6 Å². The molecular weight excluding hydrogens is 384 g/mol. The third kappa shape index (κ3) is 3.67. The number of nitrogens with zero attached hydrogens (tertiary/aromatic N) is 3. The van der Waals surface area contributed by atoms with E-state index in [0.29, 0.717) is 10.7 Å². The number of hydrogen-bond acceptors (Lipinski definition) is 6. The van der Waals surface area contributed by atoms with Gasteiger partial charge >= 0.3 is 0 Å². The fraction of sp³-hybridized carbons (Fsp3) is 0.105. The molecule has 0 aliphatic carbocycles. The lowest BCUT2D eigenvalue weighted by Crippen LogP contribution is -1.97. The van der Waals surface area contributed by atoms with E-state index >= 15 is 0 Å². The first-order chi connectivity index (χ1) is 12.7. The zero-order valence-electron chi connectivity index (χ0n) is 13.9. The third-order valence-corrected chi connectivity index (χ3v) is 6.42. The Hall–Kier alpha value is -2.15. The highest BCUT2D eigenvalue weighted by molar-refractivity contribution is 8.00. The zero-order valence-corrected chi connectivity index (χ0v) is 16.3. The number of benzene rings is 2. The van der Waals surface area contributed by atoms with Gasteiger partial charge in [0.2, 0.25) is 0 Å². The number of fused-ring (bicyclic) bond motifs is 1. The maximum absolute atomic E-state index is 6.33. The van der Waals surface area contributed by atoms with Crippen LogP contribution in [0.15, 0.2) is 59.2 Å². The van der Waals surface area contributed by atoms with Gasteiger partial charge in [0.05, 0.1) is 10.7 Å². The van der Waals surface area contributed by atoms with E-state index in [2.05, 4.69) is 32.4 Å². The summed E-state index contributed by atoms with van der Waals surface area (Å²) in [5.41, 5.74) is 3.90. The van der Waals surface area contributed by atoms with Crippen LogP contribution in [0.4, 0.5) is 11.5 Å². The Morgan fingerprint density at radius 2 is 1.92 bits per heavy atom. The molecule has 7 heteroatoms. The van der Waals surface area contributed by atoms with Crippen LogP contribution in [-0.2, 0) is 5.75 Å². The second kappa shape index (κ2) is 7.61. The lowest BCUT2D eigenvalue weighted by atomic mass is 10.2. The standard InChI is InChI=1S/C19H15ClN4S2/c1-12-6-5-9-14(20)15(12)23-17-16-18(22-11-21-17)24-19(26-16)25-10-13-7-3-2-4-8-13/h2-9,11H,10H2,1H3,(H,21,22,23). The van der Waals surface area contributed by atoms with Crippen LogP contribution < -0.4 is 5.32 Å². The van der Waals surface area contributed by atoms with E-state index in [-0.39, 0.29) is 0 Å². The number of halogens is 1. The first-order valence-electron chi connectivity index (χ1n) is 8.01. The normalized spacial score (nSPS) is 11.0. The molecule has 0 aliphatic rings. The van der Waals surface area contributed by atoms with Crippen LogP contribution in [0.25, 0.3) is 10.3 Å². The Morgan fingerprint density at radius 1 is 1.08 bits per heavy atom. The van der Waals surface area contributed by atoms with Gasteiger partial charge in [-0.15, -0.1) is 11.3 Å². The highest BCUT2D eigenvalue weighted by Gasteiger charge is 2.13. The van der Waals surface area contributed by atoms with Crippen molar-refractivity contribution >= 4 is 56.6 Å². The molecule has 4 rings (SSSR count). The molecule has 0 bridgehead atoms. The molecule has 1 N–H and O–H groups in total. The van der Waals surface area contributed by atoms with E-state index in [1.807, 2.05) is 43.3 Å². The molecule has 2 aromatic heterocycles. The van der Waals surface area contributed by atoms with Crippen LogP contribution in [0.2, 0.25) is 5.02 Å². The number of anilines is 2. The van der Waals surface area contributed by atoms with Crippen molar-refractivity contribution in [3.63, 3.8) is 0 Å². The Morgan fingerprint density at radius 3 is 2.73 bits per heavy atom. The van der Waals surface area contributed by atoms with Gasteiger partial charge in [-0.1, -0.05) is 65.8 Å². The molecule has 0 unspecified atom stereocenters. The number of thioether (sulfide) groups is 1. The van der Waals surface area contributed by atoms with Gasteiger partial charge in [-0.05, 0) is 24.1 Å². The van der Waals surface area contributed by atoms with Crippen molar-refractivity contribution in [3.05, 3.63) is 71.0 Å². The van der Waals surface area contributed by atoms with Gasteiger partial charge in [0.15, 0.2) is 15.8 Å². The average molecular weight is 399 g/mol. The predicted octanol–water partition coefficient (Wildman–Crippen LogP) is 6.08. The second-order valence-electron chi connectivity index (χ2n) is 5.69. The smallest absolute Gasteiger partial charge is 0.176 e. The molecule has 0 aliphatic heterocycles. The van der Waals surface area contributed by atoms with E-state index < -0.39 is 0 Å². The van der Waals surface area contributed by atoms with Gasteiger partial charge in [-0.25, -0.2) is 15.0 Å². The molecule has 0 atom stereocenters. The molecule has 0 radical (unpaired) electrons. The first kappa shape index (κ1) is 17.3. The highest BCUT2D eigenvalue weighted by atomic mass is 35.5. The molecule has 4 nitrogen and oxygen atoms in total. The number of hydrogen-bond donors (Lipinski definition) is 1. The third-order valence-electron chi connectivity index (χ3n) is 3.84. The van der Waals surface area contributed by atoms with Crippen molar-refractivity contribution in [2.24, 2.45) is 0 Å². The summed E-state index contributed by atoms with van der Waals surface area (Å²) in [6, 6.07) is 16.2. The molecule has 4 aromatic rings. The van der Waals surface area contributed by atoms with Gasteiger partial charge in [-0.3, -0.25) is 0 Å². The van der Waals surface area contributed by atoms with Gasteiger partial charge in [0, 0.05) is 5.75 Å². The Balaban J connectivity index is 1.61. The summed E-state index contributed by atoms with van der Waals surface area (Å²) in [5, 5.41) is 4.02. The minimum Gasteiger partial charge on any atom is -0.337 e. The number of thiazole rings is 1. The molecule has 0 saturated heterocycles. The fourth-order valence-electron chi connectivity index (χ4n) is 2.51. The number of para-hydroxylation sites is 1. The van der Waals surface area contributed by atoms with Gasteiger partial charge in [-0.2, -0.15) is 0 Å². The number of aryl methyl sites for hydroxylation is 1. The van der Waals surface area contributed by atoms with Crippen molar-refractivity contribution in [2.75, 3.05) is 5.32 Å². The van der Waals surface area contributed by atoms with E-state index in [1.54, 1.807) is 23.1 Å². The van der Waals surface area contributed by atoms with Crippen molar-refractivity contribution < 1.29 is 0 Å². The van der Waals surface area contributed by atoms with Crippen LogP contribution >= 0.6 is 34.7 Å². The molecule has 26 heavy (non-hydrogen) atoms. The largest absolute Gasteiger partial charge is 0.337 e. The molecular formula is C19H15ClN4S2. The molecule has 0 fully saturated rings. The van der Waals surface area contributed by atoms with E-state index in [9.17, 15) is 0 Å². The quantitative estimate of drug-likeness (QED) is 0.412. The SMILES string of the molecule is Cc1cccc(Cl)c1Nc1ncnc2nc(SCc3ccccc3)sc12. The summed E-state index contributed by atoms with van der Waals surface area (Å²) in [6.45, 7) is 2.01. The van der Waals surface area contributed by atoms with Gasteiger partial charge < -0.3 is 5.32 Å². The first-order valence-corrected chi connectivity index (χ1v) is 10.2. The van der Waals surface area contributed by atoms with Gasteiger partial charge in [0.1, 0.15) is 11.0 Å². The fourth-order valence-corrected chi connectivity index (χ4v) is 4.78. The minimum absolute atomic E-state index is 0.667. The summed E-state index contributed by atoms with van der Waals surface area (Å²) in [4.78, 5) is 13.3. The van der Waals surface area contributed by atoms with Crippen molar-refractivity contribution in [1.29, 1.82) is 0 Å². The lowest BCUT2D eigenvalue weighted by molar-refractivity contribution is 1.17. The lowest BCUT2D eigenvalue weighted by Gasteiger charge is -2.10. The number of rotatable bonds is 5. The van der Waals surface area contributed by atoms with E-state index in [0.717, 1.165) is 31.9 Å². The van der Waals surface area contributed by atoms with Crippen molar-refractivity contribution in [3.8, 4) is 0 Å². The van der Waals surface area contributed by atoms with Crippen LogP contribution in [0.5, 0.6) is 0 Å². The molecule has 2 heterocycles. The summed E-state index contributed by atoms with van der Waals surface area (Å²) in [6.07, 6.45) is 1.53. The second-order valence-corrected chi connectivity index (χ2v) is 8.31. The van der Waals surface area contributed by atoms with Crippen LogP contribution in [-0.4, -0.2) is 15.0 Å². The van der Waals surface area contributed by atoms with Crippen molar-refractivity contribution in [1.82, 2.24) is 15.0 Å². The summed E-state index contributed by atoms with van der Waals surface area (Å²) < 4.78 is 1.91. The maximum atomic E-state index is 6.33. The van der Waals surface area contributed by atoms with Crippen molar-refractivity contribution in [2.45, 2.75) is 17.0 Å². The Kier molecular flexibility index (Phi) is 5.06.